The van der Waals surface area contributed by atoms with Crippen LogP contribution in [0.1, 0.15) is 18.4 Å². The first kappa shape index (κ1) is 18.0. The molecule has 1 saturated carbocycles. The van der Waals surface area contributed by atoms with E-state index < -0.39 is 28.9 Å². The largest absolute Gasteiger partial charge is 0.355 e. The molecule has 136 valence electrons. The van der Waals surface area contributed by atoms with Crippen LogP contribution in [0.3, 0.4) is 0 Å². The molecule has 4 nitrogen and oxygen atoms in total. The minimum atomic E-state index is -1.25. The summed E-state index contributed by atoms with van der Waals surface area (Å²) in [6, 6.07) is 9.02. The van der Waals surface area contributed by atoms with E-state index in [9.17, 15) is 22.8 Å². The summed E-state index contributed by atoms with van der Waals surface area (Å²) >= 11 is 0. The van der Waals surface area contributed by atoms with Gasteiger partial charge in [0.05, 0.1) is 5.69 Å². The summed E-state index contributed by atoms with van der Waals surface area (Å²) in [4.78, 5) is 24.7. The molecule has 0 unspecified atom stereocenters. The van der Waals surface area contributed by atoms with Crippen molar-refractivity contribution >= 4 is 17.5 Å². The standard InChI is InChI=1S/C19H17F3N2O2/c20-13-5-6-16(15(22)11-13)24-18(26)19(8-9-19)17(25)23-10-7-12-3-1-2-4-14(12)21/h1-6,11H,7-10H2,(H,23,25)(H,24,26). The van der Waals surface area contributed by atoms with Gasteiger partial charge in [-0.05, 0) is 43.0 Å². The zero-order valence-corrected chi connectivity index (χ0v) is 13.8. The van der Waals surface area contributed by atoms with E-state index in [1.807, 2.05) is 0 Å². The van der Waals surface area contributed by atoms with Gasteiger partial charge in [-0.15, -0.1) is 0 Å². The Kier molecular flexibility index (Phi) is 4.97. The molecule has 2 aromatic rings. The first-order chi connectivity index (χ1) is 12.4. The summed E-state index contributed by atoms with van der Waals surface area (Å²) < 4.78 is 40.1. The molecule has 1 fully saturated rings. The highest BCUT2D eigenvalue weighted by molar-refractivity contribution is 6.13. The third-order valence-electron chi connectivity index (χ3n) is 4.44. The fourth-order valence-electron chi connectivity index (χ4n) is 2.70. The van der Waals surface area contributed by atoms with Crippen molar-refractivity contribution in [1.82, 2.24) is 5.32 Å². The Morgan fingerprint density at radius 3 is 2.35 bits per heavy atom. The Labute approximate surface area is 148 Å². The van der Waals surface area contributed by atoms with Crippen LogP contribution in [0.5, 0.6) is 0 Å². The molecule has 0 aliphatic heterocycles. The number of nitrogens with one attached hydrogen (secondary N) is 2. The summed E-state index contributed by atoms with van der Waals surface area (Å²) in [6.45, 7) is 0.180. The molecule has 2 N–H and O–H groups in total. The molecule has 0 bridgehead atoms. The van der Waals surface area contributed by atoms with Gasteiger partial charge in [0.15, 0.2) is 0 Å². The summed E-state index contributed by atoms with van der Waals surface area (Å²) in [6.07, 6.45) is 0.975. The molecule has 1 aliphatic rings. The molecule has 0 atom stereocenters. The topological polar surface area (TPSA) is 58.2 Å². The molecule has 7 heteroatoms. The second-order valence-corrected chi connectivity index (χ2v) is 6.26. The van der Waals surface area contributed by atoms with Gasteiger partial charge < -0.3 is 10.6 Å². The Bertz CT molecular complexity index is 850. The van der Waals surface area contributed by atoms with E-state index in [0.717, 1.165) is 12.1 Å². The van der Waals surface area contributed by atoms with E-state index in [2.05, 4.69) is 10.6 Å². The van der Waals surface area contributed by atoms with E-state index in [1.165, 1.54) is 6.07 Å². The molecule has 26 heavy (non-hydrogen) atoms. The number of hydrogen-bond acceptors (Lipinski definition) is 2. The fourth-order valence-corrected chi connectivity index (χ4v) is 2.70. The molecule has 2 aromatic carbocycles. The van der Waals surface area contributed by atoms with Crippen molar-refractivity contribution in [3.8, 4) is 0 Å². The number of hydrogen-bond donors (Lipinski definition) is 2. The van der Waals surface area contributed by atoms with Gasteiger partial charge in [0, 0.05) is 12.6 Å². The van der Waals surface area contributed by atoms with Crippen LogP contribution in [0.4, 0.5) is 18.9 Å². The highest BCUT2D eigenvalue weighted by Crippen LogP contribution is 2.47. The van der Waals surface area contributed by atoms with Gasteiger partial charge in [-0.3, -0.25) is 9.59 Å². The number of amides is 2. The fraction of sp³-hybridized carbons (Fsp3) is 0.263. The number of benzene rings is 2. The Morgan fingerprint density at radius 2 is 1.69 bits per heavy atom. The van der Waals surface area contributed by atoms with Gasteiger partial charge in [0.2, 0.25) is 11.8 Å². The van der Waals surface area contributed by atoms with Gasteiger partial charge >= 0.3 is 0 Å². The molecule has 1 aliphatic carbocycles. The van der Waals surface area contributed by atoms with Crippen molar-refractivity contribution in [2.45, 2.75) is 19.3 Å². The zero-order valence-electron chi connectivity index (χ0n) is 13.8. The lowest BCUT2D eigenvalue weighted by atomic mass is 10.0. The van der Waals surface area contributed by atoms with Crippen LogP contribution in [0, 0.1) is 22.9 Å². The van der Waals surface area contributed by atoms with Crippen LogP contribution >= 0.6 is 0 Å². The number of halogens is 3. The highest BCUT2D eigenvalue weighted by atomic mass is 19.1. The van der Waals surface area contributed by atoms with Gasteiger partial charge in [-0.2, -0.15) is 0 Å². The van der Waals surface area contributed by atoms with Gasteiger partial charge in [0.25, 0.3) is 0 Å². The maximum atomic E-state index is 13.7. The molecule has 2 amide bonds. The molecular formula is C19H17F3N2O2. The SMILES string of the molecule is O=C(NCCc1ccccc1F)C1(C(=O)Nc2ccc(F)cc2F)CC1. The minimum absolute atomic E-state index is 0.179. The quantitative estimate of drug-likeness (QED) is 0.776. The maximum Gasteiger partial charge on any atom is 0.240 e. The summed E-state index contributed by atoms with van der Waals surface area (Å²) in [5.74, 6) is -3.13. The first-order valence-corrected chi connectivity index (χ1v) is 8.20. The number of carbonyl (C=O) groups is 2. The second-order valence-electron chi connectivity index (χ2n) is 6.26. The molecule has 3 rings (SSSR count). The van der Waals surface area contributed by atoms with Gasteiger partial charge in [0.1, 0.15) is 22.9 Å². The second kappa shape index (κ2) is 7.19. The van der Waals surface area contributed by atoms with Crippen molar-refractivity contribution in [2.24, 2.45) is 5.41 Å². The third kappa shape index (κ3) is 3.71. The lowest BCUT2D eigenvalue weighted by Crippen LogP contribution is -2.40. The van der Waals surface area contributed by atoms with Gasteiger partial charge in [-0.1, -0.05) is 18.2 Å². The predicted molar refractivity (Wildman–Crippen MR) is 89.8 cm³/mol. The van der Waals surface area contributed by atoms with Crippen molar-refractivity contribution in [3.63, 3.8) is 0 Å². The van der Waals surface area contributed by atoms with Gasteiger partial charge in [-0.25, -0.2) is 13.2 Å². The Hall–Kier alpha value is -2.83. The maximum absolute atomic E-state index is 13.7. The molecule has 0 aromatic heterocycles. The van der Waals surface area contributed by atoms with Crippen LogP contribution in [0.25, 0.3) is 0 Å². The molecule has 0 heterocycles. The predicted octanol–water partition coefficient (Wildman–Crippen LogP) is 3.18. The lowest BCUT2D eigenvalue weighted by molar-refractivity contribution is -0.134. The van der Waals surface area contributed by atoms with Crippen LogP contribution in [-0.4, -0.2) is 18.4 Å². The lowest BCUT2D eigenvalue weighted by Gasteiger charge is -2.16. The van der Waals surface area contributed by atoms with E-state index in [4.69, 9.17) is 0 Å². The smallest absolute Gasteiger partial charge is 0.240 e. The van der Waals surface area contributed by atoms with Crippen molar-refractivity contribution < 1.29 is 22.8 Å². The van der Waals surface area contributed by atoms with E-state index in [-0.39, 0.29) is 18.0 Å². The van der Waals surface area contributed by atoms with E-state index in [1.54, 1.807) is 18.2 Å². The number of carbonyl (C=O) groups excluding carboxylic acids is 2. The average molecular weight is 362 g/mol. The van der Waals surface area contributed by atoms with E-state index in [0.29, 0.717) is 30.9 Å². The Balaban J connectivity index is 1.58. The third-order valence-corrected chi connectivity index (χ3v) is 4.44. The highest BCUT2D eigenvalue weighted by Gasteiger charge is 2.56. The summed E-state index contributed by atoms with van der Waals surface area (Å²) in [5, 5.41) is 4.97. The minimum Gasteiger partial charge on any atom is -0.355 e. The first-order valence-electron chi connectivity index (χ1n) is 8.20. The van der Waals surface area contributed by atoms with Crippen LogP contribution in [0.2, 0.25) is 0 Å². The summed E-state index contributed by atoms with van der Waals surface area (Å²) in [7, 11) is 0. The summed E-state index contributed by atoms with van der Waals surface area (Å²) in [5.41, 5.74) is -0.965. The van der Waals surface area contributed by atoms with E-state index >= 15 is 0 Å². The molecule has 0 saturated heterocycles. The molecule has 0 spiro atoms. The number of rotatable bonds is 6. The molecule has 0 radical (unpaired) electrons. The zero-order chi connectivity index (χ0) is 18.7. The van der Waals surface area contributed by atoms with Crippen molar-refractivity contribution in [3.05, 3.63) is 65.5 Å². The molecular weight excluding hydrogens is 345 g/mol. The average Bonchev–Trinajstić information content (AvgIpc) is 3.41. The monoisotopic (exact) mass is 362 g/mol. The van der Waals surface area contributed by atoms with Crippen LogP contribution in [0.15, 0.2) is 42.5 Å². The van der Waals surface area contributed by atoms with Crippen LogP contribution in [-0.2, 0) is 16.0 Å². The normalized spacial score (nSPS) is 14.6. The van der Waals surface area contributed by atoms with Crippen LogP contribution < -0.4 is 10.6 Å². The van der Waals surface area contributed by atoms with Crippen molar-refractivity contribution in [2.75, 3.05) is 11.9 Å². The Morgan fingerprint density at radius 1 is 0.962 bits per heavy atom. The number of anilines is 1. The van der Waals surface area contributed by atoms with Crippen molar-refractivity contribution in [1.29, 1.82) is 0 Å².